The van der Waals surface area contributed by atoms with Gasteiger partial charge in [-0.05, 0) is 36.4 Å². The molecule has 6 heteroatoms. The largest absolute Gasteiger partial charge is 0.487 e. The molecule has 0 radical (unpaired) electrons. The molecule has 0 bridgehead atoms. The van der Waals surface area contributed by atoms with Crippen LogP contribution in [0, 0.1) is 0 Å². The molecule has 0 heterocycles. The highest BCUT2D eigenvalue weighted by Crippen LogP contribution is 1.97. The number of nitrogens with one attached hydrogen (secondary N) is 1. The van der Waals surface area contributed by atoms with Crippen LogP contribution in [0.3, 0.4) is 0 Å². The monoisotopic (exact) mass is 274 g/mol. The van der Waals surface area contributed by atoms with Crippen LogP contribution in [0.25, 0.3) is 0 Å². The van der Waals surface area contributed by atoms with Gasteiger partial charge >= 0.3 is 0 Å². The van der Waals surface area contributed by atoms with Crippen molar-refractivity contribution in [1.82, 2.24) is 5.32 Å². The third kappa shape index (κ3) is 14.6. The number of hydrogen-bond acceptors (Lipinski definition) is 2. The Morgan fingerprint density at radius 2 is 1.65 bits per heavy atom. The quantitative estimate of drug-likeness (QED) is 0.632. The van der Waals surface area contributed by atoms with Gasteiger partial charge in [0.25, 0.3) is 10.3 Å². The van der Waals surface area contributed by atoms with E-state index in [4.69, 9.17) is 10.2 Å². The molecule has 17 heavy (non-hydrogen) atoms. The van der Waals surface area contributed by atoms with Gasteiger partial charge in [0, 0.05) is 6.54 Å². The zero-order valence-electron chi connectivity index (χ0n) is 8.59. The van der Waals surface area contributed by atoms with Crippen molar-refractivity contribution in [3.8, 4) is 0 Å². The number of rotatable bonds is 3. The lowest BCUT2D eigenvalue weighted by atomic mass is 10.2. The number of aliphatic hydroxyl groups excluding tert-OH is 2. The molecule has 0 amide bonds. The first-order valence-electron chi connectivity index (χ1n) is 4.51. The lowest BCUT2D eigenvalue weighted by Crippen LogP contribution is -2.22. The fraction of sp³-hybridized carbons (Fsp3) is 0.273. The van der Waals surface area contributed by atoms with Gasteiger partial charge < -0.3 is 21.3 Å². The number of nitrogens with two attached hydrogens (primary N) is 1. The van der Waals surface area contributed by atoms with Crippen LogP contribution in [0.1, 0.15) is 13.0 Å². The summed E-state index contributed by atoms with van der Waals surface area (Å²) in [5.41, 5.74) is 5.64. The van der Waals surface area contributed by atoms with Crippen LogP contribution in [-0.2, 0) is 6.42 Å². The van der Waals surface area contributed by atoms with Gasteiger partial charge in [0.1, 0.15) is 0 Å². The highest BCUT2D eigenvalue weighted by atomic mass is 32.1. The lowest BCUT2D eigenvalue weighted by Gasteiger charge is -2.01. The van der Waals surface area contributed by atoms with Gasteiger partial charge in [0.15, 0.2) is 0 Å². The van der Waals surface area contributed by atoms with Gasteiger partial charge in [0.05, 0.1) is 0 Å². The Bertz CT molecular complexity index is 328. The summed E-state index contributed by atoms with van der Waals surface area (Å²) >= 11 is 8.33. The first-order valence-corrected chi connectivity index (χ1v) is 5.33. The van der Waals surface area contributed by atoms with Gasteiger partial charge in [-0.25, -0.2) is 0 Å². The molecule has 5 N–H and O–H groups in total. The van der Waals surface area contributed by atoms with Crippen molar-refractivity contribution in [3.63, 3.8) is 0 Å². The molecule has 1 rings (SSSR count). The number of hydrogen-bond donors (Lipinski definition) is 4. The summed E-state index contributed by atoms with van der Waals surface area (Å²) in [5, 5.41) is 18.3. The van der Waals surface area contributed by atoms with E-state index in [0.717, 1.165) is 6.42 Å². The van der Waals surface area contributed by atoms with Crippen LogP contribution in [0.4, 0.5) is 0 Å². The molecule has 0 fully saturated rings. The zero-order chi connectivity index (χ0) is 12.4. The topological polar surface area (TPSA) is 78.5 Å². The molecule has 0 saturated heterocycles. The molecule has 0 atom stereocenters. The van der Waals surface area contributed by atoms with Crippen molar-refractivity contribution < 1.29 is 10.2 Å². The van der Waals surface area contributed by atoms with Crippen LogP contribution in [0.15, 0.2) is 30.3 Å². The summed E-state index contributed by atoms with van der Waals surface area (Å²) in [6.45, 7) is 0.680. The van der Waals surface area contributed by atoms with Gasteiger partial charge in [-0.15, -0.1) is 0 Å². The SMILES string of the molecule is C.NC(O)=S.OC(=S)NCCc1ccccc1. The van der Waals surface area contributed by atoms with Crippen LogP contribution in [0.2, 0.25) is 0 Å². The minimum absolute atomic E-state index is 0. The van der Waals surface area contributed by atoms with E-state index in [9.17, 15) is 0 Å². The Morgan fingerprint density at radius 3 is 2.06 bits per heavy atom. The summed E-state index contributed by atoms with van der Waals surface area (Å²) in [6.07, 6.45) is 0.877. The van der Waals surface area contributed by atoms with Gasteiger partial charge in [-0.3, -0.25) is 0 Å². The normalized spacial score (nSPS) is 8.00. The van der Waals surface area contributed by atoms with E-state index in [1.807, 2.05) is 30.3 Å². The second kappa shape index (κ2) is 11.1. The molecule has 4 nitrogen and oxygen atoms in total. The standard InChI is InChI=1S/C9H11NOS.CH3NOS.CH4/c11-9(12)10-7-6-8-4-2-1-3-5-8;2-1(3)4;/h1-5H,6-7H2,(H2,10,11,12);(H3,2,3,4);1H4. The zero-order valence-corrected chi connectivity index (χ0v) is 10.2. The average molecular weight is 274 g/mol. The van der Waals surface area contributed by atoms with E-state index in [1.165, 1.54) is 5.56 Å². The molecule has 0 saturated carbocycles. The van der Waals surface area contributed by atoms with Crippen LogP contribution in [0.5, 0.6) is 0 Å². The first-order chi connectivity index (χ1) is 7.52. The van der Waals surface area contributed by atoms with Crippen molar-refractivity contribution in [2.75, 3.05) is 6.54 Å². The molecular formula is C11H18N2O2S2. The van der Waals surface area contributed by atoms with Crippen LogP contribution >= 0.6 is 24.4 Å². The van der Waals surface area contributed by atoms with E-state index in [-0.39, 0.29) is 12.6 Å². The number of aliphatic hydroxyl groups is 2. The number of benzene rings is 1. The predicted molar refractivity (Wildman–Crippen MR) is 79.5 cm³/mol. The summed E-state index contributed by atoms with van der Waals surface area (Å²) in [5.74, 6) is 0. The van der Waals surface area contributed by atoms with E-state index in [2.05, 4.69) is 35.5 Å². The lowest BCUT2D eigenvalue weighted by molar-refractivity contribution is 0.531. The molecule has 0 aliphatic carbocycles. The summed E-state index contributed by atoms with van der Waals surface area (Å²) < 4.78 is 0. The minimum atomic E-state index is -0.500. The van der Waals surface area contributed by atoms with E-state index in [1.54, 1.807) is 0 Å². The molecular weight excluding hydrogens is 256 g/mol. The Morgan fingerprint density at radius 1 is 1.18 bits per heavy atom. The number of thiocarbonyl (C=S) groups is 2. The predicted octanol–water partition coefficient (Wildman–Crippen LogP) is 2.09. The maximum atomic E-state index is 8.65. The van der Waals surface area contributed by atoms with Crippen molar-refractivity contribution in [2.45, 2.75) is 13.8 Å². The summed E-state index contributed by atoms with van der Waals surface area (Å²) in [4.78, 5) is 0. The Labute approximate surface area is 112 Å². The first kappa shape index (κ1) is 18.0. The van der Waals surface area contributed by atoms with Crippen LogP contribution in [-0.4, -0.2) is 27.1 Å². The molecule has 96 valence electrons. The molecule has 1 aromatic carbocycles. The van der Waals surface area contributed by atoms with Crippen molar-refractivity contribution in [2.24, 2.45) is 5.73 Å². The molecule has 0 aromatic heterocycles. The van der Waals surface area contributed by atoms with Gasteiger partial charge in [-0.2, -0.15) is 0 Å². The Hall–Kier alpha value is -1.40. The average Bonchev–Trinajstić information content (AvgIpc) is 2.18. The molecule has 0 aliphatic heterocycles. The molecule has 0 spiro atoms. The maximum Gasteiger partial charge on any atom is 0.254 e. The molecule has 0 aliphatic rings. The Kier molecular flexibility index (Phi) is 11.7. The third-order valence-electron chi connectivity index (χ3n) is 1.53. The van der Waals surface area contributed by atoms with E-state index in [0.29, 0.717) is 6.54 Å². The summed E-state index contributed by atoms with van der Waals surface area (Å²) in [7, 11) is 0. The second-order valence-corrected chi connectivity index (χ2v) is 3.61. The fourth-order valence-electron chi connectivity index (χ4n) is 0.958. The highest BCUT2D eigenvalue weighted by molar-refractivity contribution is 7.80. The highest BCUT2D eigenvalue weighted by Gasteiger charge is 1.91. The van der Waals surface area contributed by atoms with E-state index >= 15 is 0 Å². The van der Waals surface area contributed by atoms with Crippen molar-refractivity contribution in [3.05, 3.63) is 35.9 Å². The third-order valence-corrected chi connectivity index (χ3v) is 1.68. The van der Waals surface area contributed by atoms with Crippen molar-refractivity contribution >= 4 is 34.8 Å². The van der Waals surface area contributed by atoms with Gasteiger partial charge in [-0.1, -0.05) is 37.8 Å². The molecule has 1 aromatic rings. The second-order valence-electron chi connectivity index (χ2n) is 2.81. The van der Waals surface area contributed by atoms with Crippen molar-refractivity contribution in [1.29, 1.82) is 0 Å². The maximum absolute atomic E-state index is 8.65. The van der Waals surface area contributed by atoms with Gasteiger partial charge in [0.2, 0.25) is 0 Å². The fourth-order valence-corrected chi connectivity index (χ4v) is 1.06. The molecule has 0 unspecified atom stereocenters. The summed E-state index contributed by atoms with van der Waals surface area (Å²) in [6, 6.07) is 10.1. The minimum Gasteiger partial charge on any atom is -0.487 e. The van der Waals surface area contributed by atoms with E-state index < -0.39 is 5.17 Å². The van der Waals surface area contributed by atoms with Crippen LogP contribution < -0.4 is 11.1 Å². The smallest absolute Gasteiger partial charge is 0.254 e. The Balaban J connectivity index is 0.